The van der Waals surface area contributed by atoms with Gasteiger partial charge in [-0.2, -0.15) is 0 Å². The van der Waals surface area contributed by atoms with Crippen molar-refractivity contribution in [3.63, 3.8) is 0 Å². The van der Waals surface area contributed by atoms with Crippen molar-refractivity contribution < 1.29 is 39.3 Å². The summed E-state index contributed by atoms with van der Waals surface area (Å²) in [4.78, 5) is 58.4. The zero-order valence-corrected chi connectivity index (χ0v) is 15.4. The number of amides is 2. The third kappa shape index (κ3) is 10.2. The minimum Gasteiger partial charge on any atom is -0.508 e. The minimum atomic E-state index is -1.42. The molecule has 0 aliphatic heterocycles. The molecule has 13 nitrogen and oxygen atoms in total. The van der Waals surface area contributed by atoms with Gasteiger partial charge in [0.1, 0.15) is 12.1 Å². The average molecular weight is 399 g/mol. The largest absolute Gasteiger partial charge is 0.508 e. The summed E-state index contributed by atoms with van der Waals surface area (Å²) in [6, 6.07) is -3.60. The maximum absolute atomic E-state index is 12.4. The number of hydrogen-bond donors (Lipinski definition) is 6. The molecule has 7 N–H and O–H groups in total. The SMILES string of the molecule is CC(N)C(=O)NC(CCC(=O)C[NH+]=[N-])C(=O)NC(CCC(=O)C[NH+]=[N-])C(=O)O. The molecule has 3 atom stereocenters. The standard InChI is InChI=1S/C15H25N7O6/c1-8(16)13(25)21-11(4-2-9(23)6-19-17)14(26)22-12(15(27)28)5-3-10(24)7-20-18/h8,11-12,19-20H,2-7,16H2,1H3,(H,21,25)(H,22,26)(H,27,28). The van der Waals surface area contributed by atoms with Crippen LogP contribution in [0.25, 0.3) is 11.1 Å². The number of nitrogens with two attached hydrogens (primary N) is 1. The van der Waals surface area contributed by atoms with Gasteiger partial charge in [-0.15, -0.1) is 0 Å². The zero-order valence-electron chi connectivity index (χ0n) is 15.4. The van der Waals surface area contributed by atoms with Crippen LogP contribution in [0.4, 0.5) is 0 Å². The van der Waals surface area contributed by atoms with Gasteiger partial charge >= 0.3 is 5.97 Å². The van der Waals surface area contributed by atoms with E-state index in [1.54, 1.807) is 10.2 Å². The first kappa shape index (κ1) is 24.9. The lowest BCUT2D eigenvalue weighted by molar-refractivity contribution is -0.467. The highest BCUT2D eigenvalue weighted by Crippen LogP contribution is 2.04. The van der Waals surface area contributed by atoms with Crippen molar-refractivity contribution in [2.45, 2.75) is 50.7 Å². The number of ketones is 2. The first-order valence-electron chi connectivity index (χ1n) is 8.48. The highest BCUT2D eigenvalue weighted by molar-refractivity contribution is 5.92. The van der Waals surface area contributed by atoms with Gasteiger partial charge in [0.2, 0.25) is 11.8 Å². The molecule has 28 heavy (non-hydrogen) atoms. The molecule has 0 aliphatic carbocycles. The Balaban J connectivity index is 5.07. The quantitative estimate of drug-likeness (QED) is 0.147. The number of carboxylic acids is 1. The van der Waals surface area contributed by atoms with E-state index >= 15 is 0 Å². The first-order valence-corrected chi connectivity index (χ1v) is 8.48. The van der Waals surface area contributed by atoms with Crippen LogP contribution in [0.5, 0.6) is 0 Å². The lowest BCUT2D eigenvalue weighted by Gasteiger charge is -2.22. The van der Waals surface area contributed by atoms with Gasteiger partial charge in [0.25, 0.3) is 0 Å². The van der Waals surface area contributed by atoms with Crippen molar-refractivity contribution in [2.24, 2.45) is 5.73 Å². The first-order chi connectivity index (χ1) is 13.1. The van der Waals surface area contributed by atoms with Crippen LogP contribution in [0, 0.1) is 0 Å². The molecule has 3 unspecified atom stereocenters. The third-order valence-corrected chi connectivity index (χ3v) is 3.64. The fraction of sp³-hybridized carbons (Fsp3) is 0.667. The molecule has 0 fully saturated rings. The second-order valence-electron chi connectivity index (χ2n) is 6.07. The summed E-state index contributed by atoms with van der Waals surface area (Å²) >= 11 is 0. The molecule has 0 radical (unpaired) electrons. The molecule has 13 heteroatoms. The molecule has 0 spiro atoms. The smallest absolute Gasteiger partial charge is 0.326 e. The summed E-state index contributed by atoms with van der Waals surface area (Å²) in [6.07, 6.45) is -0.779. The maximum atomic E-state index is 12.4. The fourth-order valence-electron chi connectivity index (χ4n) is 2.07. The highest BCUT2D eigenvalue weighted by Gasteiger charge is 2.28. The Bertz CT molecular complexity index is 622. The van der Waals surface area contributed by atoms with Crippen molar-refractivity contribution in [3.8, 4) is 0 Å². The summed E-state index contributed by atoms with van der Waals surface area (Å²) < 4.78 is 0. The molecule has 0 aromatic heterocycles. The number of hydrogen-bond acceptors (Lipinski definition) is 6. The summed E-state index contributed by atoms with van der Waals surface area (Å²) in [5, 5.41) is 17.1. The number of carbonyl (C=O) groups excluding carboxylic acids is 4. The number of rotatable bonds is 15. The normalized spacial score (nSPS) is 13.5. The van der Waals surface area contributed by atoms with Gasteiger partial charge in [0, 0.05) is 12.8 Å². The van der Waals surface area contributed by atoms with E-state index in [4.69, 9.17) is 16.8 Å². The monoisotopic (exact) mass is 399 g/mol. The van der Waals surface area contributed by atoms with E-state index in [1.807, 2.05) is 0 Å². The number of nitrogens with zero attached hydrogens (tertiary/aromatic N) is 2. The van der Waals surface area contributed by atoms with Gasteiger partial charge in [-0.3, -0.25) is 19.2 Å². The Hall–Kier alpha value is -3.09. The Kier molecular flexibility index (Phi) is 11.7. The van der Waals surface area contributed by atoms with E-state index in [2.05, 4.69) is 10.6 Å². The molecular formula is C15H25N7O6. The van der Waals surface area contributed by atoms with Crippen LogP contribution in [0.15, 0.2) is 0 Å². The van der Waals surface area contributed by atoms with Crippen LogP contribution >= 0.6 is 0 Å². The zero-order chi connectivity index (χ0) is 21.7. The van der Waals surface area contributed by atoms with E-state index in [0.717, 1.165) is 0 Å². The lowest BCUT2D eigenvalue weighted by Crippen LogP contribution is -2.65. The van der Waals surface area contributed by atoms with Gasteiger partial charge in [-0.05, 0) is 19.8 Å². The predicted octanol–water partition coefficient (Wildman–Crippen LogP) is -4.71. The summed E-state index contributed by atoms with van der Waals surface area (Å²) in [5.41, 5.74) is 22.4. The van der Waals surface area contributed by atoms with Crippen molar-refractivity contribution in [1.29, 1.82) is 0 Å². The maximum Gasteiger partial charge on any atom is 0.326 e. The Labute approximate surface area is 160 Å². The second kappa shape index (κ2) is 13.1. The molecule has 0 aliphatic rings. The highest BCUT2D eigenvalue weighted by atomic mass is 16.4. The molecule has 0 rings (SSSR count). The number of carbonyl (C=O) groups is 5. The van der Waals surface area contributed by atoms with Crippen molar-refractivity contribution >= 4 is 29.4 Å². The number of nitrogens with one attached hydrogen (secondary N) is 4. The molecular weight excluding hydrogens is 374 g/mol. The van der Waals surface area contributed by atoms with Gasteiger partial charge in [-0.1, -0.05) is 0 Å². The van der Waals surface area contributed by atoms with Crippen LogP contribution in [0.3, 0.4) is 0 Å². The van der Waals surface area contributed by atoms with Gasteiger partial charge in [0.15, 0.2) is 24.7 Å². The van der Waals surface area contributed by atoms with E-state index in [1.165, 1.54) is 6.92 Å². The number of carboxylic acid groups (broad SMARTS) is 1. The van der Waals surface area contributed by atoms with Gasteiger partial charge in [-0.25, -0.2) is 4.79 Å². The minimum absolute atomic E-state index is 0.148. The van der Waals surface area contributed by atoms with Crippen LogP contribution in [-0.4, -0.2) is 65.7 Å². The lowest BCUT2D eigenvalue weighted by atomic mass is 10.0. The van der Waals surface area contributed by atoms with Crippen LogP contribution in [-0.2, 0) is 24.0 Å². The molecule has 0 aromatic rings. The number of aliphatic carboxylic acids is 1. The molecule has 0 aromatic carbocycles. The Morgan fingerprint density at radius 1 is 0.893 bits per heavy atom. The second-order valence-corrected chi connectivity index (χ2v) is 6.07. The van der Waals surface area contributed by atoms with Crippen LogP contribution in [0.1, 0.15) is 32.6 Å². The molecule has 2 amide bonds. The molecule has 0 heterocycles. The van der Waals surface area contributed by atoms with E-state index in [9.17, 15) is 29.1 Å². The van der Waals surface area contributed by atoms with E-state index in [-0.39, 0.29) is 38.8 Å². The van der Waals surface area contributed by atoms with E-state index < -0.39 is 47.5 Å². The summed E-state index contributed by atoms with van der Waals surface area (Å²) in [7, 11) is 0. The Morgan fingerprint density at radius 3 is 1.71 bits per heavy atom. The predicted molar refractivity (Wildman–Crippen MR) is 92.0 cm³/mol. The molecule has 0 saturated heterocycles. The summed E-state index contributed by atoms with van der Waals surface area (Å²) in [5.74, 6) is -3.84. The van der Waals surface area contributed by atoms with E-state index in [0.29, 0.717) is 0 Å². The molecule has 0 saturated carbocycles. The van der Waals surface area contributed by atoms with Crippen LogP contribution in [0.2, 0.25) is 0 Å². The summed E-state index contributed by atoms with van der Waals surface area (Å²) in [6.45, 7) is 0.661. The molecule has 0 bridgehead atoms. The van der Waals surface area contributed by atoms with Gasteiger partial charge in [0.05, 0.1) is 6.04 Å². The Morgan fingerprint density at radius 2 is 1.32 bits per heavy atom. The topological polar surface area (TPSA) is 228 Å². The van der Waals surface area contributed by atoms with Crippen LogP contribution < -0.4 is 26.6 Å². The average Bonchev–Trinajstić information content (AvgIpc) is 2.61. The molecule has 156 valence electrons. The third-order valence-electron chi connectivity index (χ3n) is 3.64. The van der Waals surface area contributed by atoms with Crippen molar-refractivity contribution in [3.05, 3.63) is 11.1 Å². The number of Topliss-reactive ketones (excluding diaryl/α,β-unsaturated/α-hetero) is 2. The van der Waals surface area contributed by atoms with Crippen molar-refractivity contribution in [2.75, 3.05) is 13.1 Å². The van der Waals surface area contributed by atoms with Crippen molar-refractivity contribution in [1.82, 2.24) is 10.6 Å². The fourth-order valence-corrected chi connectivity index (χ4v) is 2.07. The van der Waals surface area contributed by atoms with Gasteiger partial charge < -0.3 is 42.8 Å².